The minimum absolute atomic E-state index is 0. The van der Waals surface area contributed by atoms with Gasteiger partial charge in [0, 0.05) is 27.2 Å². The summed E-state index contributed by atoms with van der Waals surface area (Å²) in [5.41, 5.74) is 2.66. The molecule has 0 saturated carbocycles. The van der Waals surface area contributed by atoms with Gasteiger partial charge in [0.1, 0.15) is 0 Å². The number of benzene rings is 1. The molecule has 0 aliphatic carbocycles. The number of hydrogen-bond donors (Lipinski definition) is 2. The van der Waals surface area contributed by atoms with E-state index in [9.17, 15) is 0 Å². The van der Waals surface area contributed by atoms with Crippen molar-refractivity contribution >= 4 is 29.9 Å². The van der Waals surface area contributed by atoms with Crippen molar-refractivity contribution in [3.05, 3.63) is 35.4 Å². The third kappa shape index (κ3) is 8.35. The molecule has 0 aromatic heterocycles. The van der Waals surface area contributed by atoms with Crippen LogP contribution in [0.3, 0.4) is 0 Å². The molecule has 1 fully saturated rings. The van der Waals surface area contributed by atoms with E-state index in [1.54, 1.807) is 7.11 Å². The average Bonchev–Trinajstić information content (AvgIpc) is 2.70. The summed E-state index contributed by atoms with van der Waals surface area (Å²) in [6.45, 7) is 9.57. The number of rotatable bonds is 8. The number of aliphatic imine (C=N–C) groups is 1. The Morgan fingerprint density at radius 3 is 2.48 bits per heavy atom. The summed E-state index contributed by atoms with van der Waals surface area (Å²) in [6, 6.07) is 9.07. The third-order valence-electron chi connectivity index (χ3n) is 5.34. The first-order chi connectivity index (χ1) is 12.7. The molecule has 1 heterocycles. The Morgan fingerprint density at radius 1 is 1.26 bits per heavy atom. The van der Waals surface area contributed by atoms with Crippen molar-refractivity contribution in [2.24, 2.45) is 10.9 Å². The number of nitrogens with one attached hydrogen (secondary N) is 2. The van der Waals surface area contributed by atoms with Crippen LogP contribution in [0, 0.1) is 5.92 Å². The van der Waals surface area contributed by atoms with Crippen molar-refractivity contribution in [2.75, 3.05) is 46.9 Å². The maximum atomic E-state index is 5.17. The standard InChI is InChI=1S/C21H36N4O.HI/c1-5-18-6-8-20(9-7-18)17(2)24-21(22-3)23-16-19-10-12-25(13-11-19)14-15-26-4;/h6-9,17,19H,5,10-16H2,1-4H3,(H2,22,23,24);1H. The molecule has 6 heteroatoms. The molecule has 1 aliphatic rings. The molecule has 1 atom stereocenters. The SMILES string of the molecule is CCc1ccc(C(C)NC(=NC)NCC2CCN(CCOC)CC2)cc1.I. The quantitative estimate of drug-likeness (QED) is 0.335. The van der Waals surface area contributed by atoms with Crippen LogP contribution in [0.1, 0.15) is 43.9 Å². The molecule has 1 aliphatic heterocycles. The predicted molar refractivity (Wildman–Crippen MR) is 125 cm³/mol. The third-order valence-corrected chi connectivity index (χ3v) is 5.34. The first kappa shape index (κ1) is 24.2. The summed E-state index contributed by atoms with van der Waals surface area (Å²) >= 11 is 0. The summed E-state index contributed by atoms with van der Waals surface area (Å²) in [4.78, 5) is 6.89. The Bertz CT molecular complexity index is 542. The molecule has 1 saturated heterocycles. The van der Waals surface area contributed by atoms with Crippen molar-refractivity contribution in [1.82, 2.24) is 15.5 Å². The van der Waals surface area contributed by atoms with Gasteiger partial charge in [0.25, 0.3) is 0 Å². The summed E-state index contributed by atoms with van der Waals surface area (Å²) in [5.74, 6) is 1.60. The molecule has 0 bridgehead atoms. The molecule has 2 rings (SSSR count). The molecule has 27 heavy (non-hydrogen) atoms. The molecule has 1 aromatic carbocycles. The van der Waals surface area contributed by atoms with Crippen LogP contribution in [0.4, 0.5) is 0 Å². The van der Waals surface area contributed by atoms with Gasteiger partial charge in [-0.3, -0.25) is 4.99 Å². The number of ether oxygens (including phenoxy) is 1. The molecule has 0 amide bonds. The number of aryl methyl sites for hydroxylation is 1. The highest BCUT2D eigenvalue weighted by molar-refractivity contribution is 14.0. The van der Waals surface area contributed by atoms with Gasteiger partial charge in [0.05, 0.1) is 12.6 Å². The fourth-order valence-electron chi connectivity index (χ4n) is 3.40. The molecule has 0 spiro atoms. The number of methoxy groups -OCH3 is 1. The molecule has 1 unspecified atom stereocenters. The number of halogens is 1. The van der Waals surface area contributed by atoms with Crippen molar-refractivity contribution in [3.8, 4) is 0 Å². The molecule has 0 radical (unpaired) electrons. The highest BCUT2D eigenvalue weighted by Crippen LogP contribution is 2.16. The number of nitrogens with zero attached hydrogens (tertiary/aromatic N) is 2. The van der Waals surface area contributed by atoms with Crippen LogP contribution in [-0.4, -0.2) is 57.8 Å². The smallest absolute Gasteiger partial charge is 0.191 e. The zero-order chi connectivity index (χ0) is 18.8. The van der Waals surface area contributed by atoms with Crippen LogP contribution < -0.4 is 10.6 Å². The average molecular weight is 488 g/mol. The van der Waals surface area contributed by atoms with Crippen LogP contribution in [-0.2, 0) is 11.2 Å². The Labute approximate surface area is 182 Å². The summed E-state index contributed by atoms with van der Waals surface area (Å²) < 4.78 is 5.17. The van der Waals surface area contributed by atoms with Gasteiger partial charge in [0.15, 0.2) is 5.96 Å². The van der Waals surface area contributed by atoms with E-state index in [-0.39, 0.29) is 30.0 Å². The van der Waals surface area contributed by atoms with E-state index in [4.69, 9.17) is 4.74 Å². The maximum Gasteiger partial charge on any atom is 0.191 e. The molecule has 2 N–H and O–H groups in total. The van der Waals surface area contributed by atoms with Gasteiger partial charge in [-0.25, -0.2) is 0 Å². The van der Waals surface area contributed by atoms with E-state index >= 15 is 0 Å². The zero-order valence-electron chi connectivity index (χ0n) is 17.3. The number of piperidine rings is 1. The Hall–Kier alpha value is -0.860. The minimum Gasteiger partial charge on any atom is -0.383 e. The van der Waals surface area contributed by atoms with E-state index in [0.29, 0.717) is 5.92 Å². The first-order valence-corrected chi connectivity index (χ1v) is 9.93. The summed E-state index contributed by atoms with van der Waals surface area (Å²) in [7, 11) is 3.62. The van der Waals surface area contributed by atoms with E-state index < -0.39 is 0 Å². The van der Waals surface area contributed by atoms with Crippen molar-refractivity contribution in [1.29, 1.82) is 0 Å². The highest BCUT2D eigenvalue weighted by atomic mass is 127. The fourth-order valence-corrected chi connectivity index (χ4v) is 3.40. The predicted octanol–water partition coefficient (Wildman–Crippen LogP) is 3.45. The molecule has 154 valence electrons. The van der Waals surface area contributed by atoms with E-state index in [0.717, 1.165) is 32.1 Å². The summed E-state index contributed by atoms with van der Waals surface area (Å²) in [5, 5.41) is 7.02. The molecular weight excluding hydrogens is 451 g/mol. The number of hydrogen-bond acceptors (Lipinski definition) is 3. The van der Waals surface area contributed by atoms with Crippen molar-refractivity contribution in [3.63, 3.8) is 0 Å². The van der Waals surface area contributed by atoms with Gasteiger partial charge in [-0.05, 0) is 56.3 Å². The lowest BCUT2D eigenvalue weighted by Gasteiger charge is -2.32. The van der Waals surface area contributed by atoms with Gasteiger partial charge >= 0.3 is 0 Å². The largest absolute Gasteiger partial charge is 0.383 e. The summed E-state index contributed by atoms with van der Waals surface area (Å²) in [6.07, 6.45) is 3.55. The monoisotopic (exact) mass is 488 g/mol. The first-order valence-electron chi connectivity index (χ1n) is 9.93. The number of likely N-dealkylation sites (tertiary alicyclic amines) is 1. The van der Waals surface area contributed by atoms with Gasteiger partial charge < -0.3 is 20.3 Å². The molecular formula is C21H37IN4O. The van der Waals surface area contributed by atoms with Crippen LogP contribution in [0.25, 0.3) is 0 Å². The second-order valence-corrected chi connectivity index (χ2v) is 7.19. The van der Waals surface area contributed by atoms with E-state index in [1.165, 1.54) is 37.1 Å². The topological polar surface area (TPSA) is 48.9 Å². The lowest BCUT2D eigenvalue weighted by Crippen LogP contribution is -2.43. The highest BCUT2D eigenvalue weighted by Gasteiger charge is 2.19. The zero-order valence-corrected chi connectivity index (χ0v) is 19.7. The Morgan fingerprint density at radius 2 is 1.93 bits per heavy atom. The van der Waals surface area contributed by atoms with Gasteiger partial charge in [-0.2, -0.15) is 0 Å². The van der Waals surface area contributed by atoms with Gasteiger partial charge in [-0.15, -0.1) is 24.0 Å². The van der Waals surface area contributed by atoms with E-state index in [2.05, 4.69) is 58.6 Å². The molecule has 5 nitrogen and oxygen atoms in total. The fraction of sp³-hybridized carbons (Fsp3) is 0.667. The maximum absolute atomic E-state index is 5.17. The number of guanidine groups is 1. The van der Waals surface area contributed by atoms with E-state index in [1.807, 2.05) is 7.05 Å². The lowest BCUT2D eigenvalue weighted by atomic mass is 9.97. The minimum atomic E-state index is 0. The Balaban J connectivity index is 0.00000364. The second-order valence-electron chi connectivity index (χ2n) is 7.19. The van der Waals surface area contributed by atoms with Crippen LogP contribution in [0.5, 0.6) is 0 Å². The normalized spacial score (nSPS) is 17.3. The lowest BCUT2D eigenvalue weighted by molar-refractivity contribution is 0.121. The van der Waals surface area contributed by atoms with Crippen LogP contribution in [0.15, 0.2) is 29.3 Å². The molecule has 1 aromatic rings. The van der Waals surface area contributed by atoms with Crippen LogP contribution >= 0.6 is 24.0 Å². The van der Waals surface area contributed by atoms with Crippen molar-refractivity contribution < 1.29 is 4.74 Å². The van der Waals surface area contributed by atoms with Crippen molar-refractivity contribution in [2.45, 2.75) is 39.2 Å². The van der Waals surface area contributed by atoms with Gasteiger partial charge in [0.2, 0.25) is 0 Å². The van der Waals surface area contributed by atoms with Crippen LogP contribution in [0.2, 0.25) is 0 Å². The Kier molecular flexibility index (Phi) is 11.9. The van der Waals surface area contributed by atoms with Gasteiger partial charge in [-0.1, -0.05) is 31.2 Å². The second kappa shape index (κ2) is 13.3.